The molecule has 3 saturated heterocycles. The fourth-order valence-electron chi connectivity index (χ4n) is 11.6. The largest absolute Gasteiger partial charge is 0.458 e. The van der Waals surface area contributed by atoms with E-state index in [0.29, 0.717) is 18.4 Å². The molecule has 5 nitrogen and oxygen atoms in total. The summed E-state index contributed by atoms with van der Waals surface area (Å²) in [5, 5.41) is 23.9. The molecule has 0 amide bonds. The fourth-order valence-corrected chi connectivity index (χ4v) is 11.6. The van der Waals surface area contributed by atoms with E-state index in [0.717, 1.165) is 43.4 Å². The second kappa shape index (κ2) is 5.88. The molecular weight excluding hydrogens is 426 g/mol. The fraction of sp³-hybridized carbons (Fsp3) is 0.621. The first-order valence-corrected chi connectivity index (χ1v) is 13.1. The van der Waals surface area contributed by atoms with Gasteiger partial charge < -0.3 is 14.9 Å². The van der Waals surface area contributed by atoms with Crippen LogP contribution in [-0.2, 0) is 9.53 Å². The van der Waals surface area contributed by atoms with Crippen molar-refractivity contribution in [3.63, 3.8) is 0 Å². The summed E-state index contributed by atoms with van der Waals surface area (Å²) < 4.78 is 6.36. The highest BCUT2D eigenvalue weighted by Crippen LogP contribution is 2.89. The highest BCUT2D eigenvalue weighted by molar-refractivity contribution is 5.87. The van der Waals surface area contributed by atoms with E-state index in [9.17, 15) is 15.0 Å². The van der Waals surface area contributed by atoms with Gasteiger partial charge in [0.2, 0.25) is 0 Å². The van der Waals surface area contributed by atoms with E-state index < -0.39 is 17.2 Å². The number of carbonyl (C=O) groups is 1. The van der Waals surface area contributed by atoms with Gasteiger partial charge in [0.05, 0.1) is 6.10 Å². The monoisotopic (exact) mass is 459 g/mol. The lowest BCUT2D eigenvalue weighted by Gasteiger charge is -2.67. The Morgan fingerprint density at radius 3 is 2.82 bits per heavy atom. The van der Waals surface area contributed by atoms with Crippen molar-refractivity contribution in [3.05, 3.63) is 54.1 Å². The third kappa shape index (κ3) is 1.88. The van der Waals surface area contributed by atoms with E-state index >= 15 is 0 Å². The molecular formula is C29H33NO4. The topological polar surface area (TPSA) is 70.0 Å². The molecule has 9 aliphatic rings. The minimum absolute atomic E-state index is 0.000834. The van der Waals surface area contributed by atoms with Gasteiger partial charge in [-0.2, -0.15) is 0 Å². The maximum atomic E-state index is 13.1. The van der Waals surface area contributed by atoms with Crippen molar-refractivity contribution in [2.24, 2.45) is 39.9 Å². The van der Waals surface area contributed by atoms with Crippen LogP contribution in [0.25, 0.3) is 6.08 Å². The molecule has 2 spiro atoms. The number of rotatable bonds is 3. The summed E-state index contributed by atoms with van der Waals surface area (Å²) in [6, 6.07) is 10.1. The lowest BCUT2D eigenvalue weighted by atomic mass is 9.39. The molecule has 9 fully saturated rings. The van der Waals surface area contributed by atoms with Crippen molar-refractivity contribution in [2.45, 2.75) is 63.0 Å². The Hall–Kier alpha value is -1.95. The quantitative estimate of drug-likeness (QED) is 0.412. The van der Waals surface area contributed by atoms with Crippen LogP contribution in [0.15, 0.2) is 48.6 Å². The number of esters is 1. The lowest BCUT2D eigenvalue weighted by molar-refractivity contribution is -0.274. The number of piperidine rings is 2. The molecule has 1 unspecified atom stereocenters. The first kappa shape index (κ1) is 20.3. The van der Waals surface area contributed by atoms with Crippen LogP contribution in [-0.4, -0.2) is 51.6 Å². The first-order valence-electron chi connectivity index (χ1n) is 13.1. The molecule has 10 rings (SSSR count). The number of hydrogen-bond acceptors (Lipinski definition) is 5. The molecule has 0 aromatic heterocycles. The second-order valence-electron chi connectivity index (χ2n) is 12.8. The molecule has 12 atom stereocenters. The predicted molar refractivity (Wildman–Crippen MR) is 126 cm³/mol. The van der Waals surface area contributed by atoms with Gasteiger partial charge in [0.15, 0.2) is 0 Å². The molecule has 6 aliphatic carbocycles. The molecule has 34 heavy (non-hydrogen) atoms. The zero-order valence-electron chi connectivity index (χ0n) is 19.7. The Kier molecular flexibility index (Phi) is 3.50. The Morgan fingerprint density at radius 2 is 2.03 bits per heavy atom. The number of aliphatic hydroxyl groups is 2. The summed E-state index contributed by atoms with van der Waals surface area (Å²) in [6.45, 7) is 7.66. The van der Waals surface area contributed by atoms with E-state index in [4.69, 9.17) is 4.74 Å². The summed E-state index contributed by atoms with van der Waals surface area (Å²) in [6.07, 6.45) is 7.36. The second-order valence-corrected chi connectivity index (χ2v) is 12.8. The molecule has 0 radical (unpaired) electrons. The Labute approximate surface area is 200 Å². The lowest BCUT2D eigenvalue weighted by Crippen LogP contribution is -2.72. The van der Waals surface area contributed by atoms with Crippen LogP contribution >= 0.6 is 0 Å². The number of benzene rings is 1. The number of hydrogen-bond donors (Lipinski definition) is 2. The third-order valence-corrected chi connectivity index (χ3v) is 11.8. The van der Waals surface area contributed by atoms with Crippen LogP contribution in [0.1, 0.15) is 44.6 Å². The van der Waals surface area contributed by atoms with Gasteiger partial charge in [0.1, 0.15) is 11.8 Å². The van der Waals surface area contributed by atoms with E-state index in [2.05, 4.69) is 18.4 Å². The Balaban J connectivity index is 1.23. The molecule has 6 saturated carbocycles. The van der Waals surface area contributed by atoms with Gasteiger partial charge in [-0.25, -0.2) is 4.79 Å². The van der Waals surface area contributed by atoms with Crippen molar-refractivity contribution < 1.29 is 19.7 Å². The minimum Gasteiger partial charge on any atom is -0.458 e. The number of ether oxygens (including phenoxy) is 1. The van der Waals surface area contributed by atoms with E-state index in [-0.39, 0.29) is 40.7 Å². The normalized spacial score (nSPS) is 57.1. The van der Waals surface area contributed by atoms with Crippen LogP contribution in [0.5, 0.6) is 0 Å². The molecule has 1 aromatic carbocycles. The van der Waals surface area contributed by atoms with Crippen LogP contribution in [0.3, 0.4) is 0 Å². The molecule has 3 heterocycles. The number of aliphatic hydroxyl groups excluding tert-OH is 1. The average Bonchev–Trinajstić information content (AvgIpc) is 3.18. The highest BCUT2D eigenvalue weighted by atomic mass is 16.5. The summed E-state index contributed by atoms with van der Waals surface area (Å²) in [4.78, 5) is 15.6. The SMILES string of the molecule is C=C1[C@H]2C[C@@H]3[C@H]4N5C[C@]6(C)CCC[C@]47[C@H]([C@H]2OC(=O)/C=C/c2ccccc2)[C@@]3(C[C@@]5(O)[C@H]67)[C@@H]1O. The van der Waals surface area contributed by atoms with Crippen molar-refractivity contribution in [3.8, 4) is 0 Å². The molecule has 9 bridgehead atoms. The average molecular weight is 460 g/mol. The maximum Gasteiger partial charge on any atom is 0.331 e. The molecule has 178 valence electrons. The molecule has 2 N–H and O–H groups in total. The summed E-state index contributed by atoms with van der Waals surface area (Å²) in [5.41, 5.74) is 0.560. The van der Waals surface area contributed by atoms with Crippen molar-refractivity contribution >= 4 is 12.0 Å². The maximum absolute atomic E-state index is 13.1. The summed E-state index contributed by atoms with van der Waals surface area (Å²) in [7, 11) is 0. The molecule has 5 heteroatoms. The van der Waals surface area contributed by atoms with Crippen molar-refractivity contribution in [1.82, 2.24) is 4.90 Å². The van der Waals surface area contributed by atoms with Gasteiger partial charge in [0, 0.05) is 47.2 Å². The summed E-state index contributed by atoms with van der Waals surface area (Å²) in [5.74, 6) is 0.339. The minimum atomic E-state index is -0.833. The first-order chi connectivity index (χ1) is 16.3. The zero-order valence-corrected chi connectivity index (χ0v) is 19.7. The summed E-state index contributed by atoms with van der Waals surface area (Å²) >= 11 is 0. The Morgan fingerprint density at radius 1 is 1.24 bits per heavy atom. The van der Waals surface area contributed by atoms with Crippen LogP contribution in [0.4, 0.5) is 0 Å². The van der Waals surface area contributed by atoms with Crippen LogP contribution in [0, 0.1) is 39.9 Å². The van der Waals surface area contributed by atoms with Crippen molar-refractivity contribution in [2.75, 3.05) is 6.54 Å². The Bertz CT molecular complexity index is 1160. The predicted octanol–water partition coefficient (Wildman–Crippen LogP) is 3.38. The van der Waals surface area contributed by atoms with Gasteiger partial charge in [0.25, 0.3) is 0 Å². The number of nitrogens with zero attached hydrogens (tertiary/aromatic N) is 1. The third-order valence-electron chi connectivity index (χ3n) is 11.8. The molecule has 3 aliphatic heterocycles. The van der Waals surface area contributed by atoms with Crippen LogP contribution in [0.2, 0.25) is 0 Å². The van der Waals surface area contributed by atoms with Gasteiger partial charge in [-0.05, 0) is 54.2 Å². The highest BCUT2D eigenvalue weighted by Gasteiger charge is 2.93. The standard InChI is InChI=1S/C29H33NO4/c1-16-18-13-19-23-27-12-6-11-26(2)15-30(23)29(33,25(26)27)14-28(19,24(16)32)22(27)21(18)34-20(31)10-9-17-7-4-3-5-8-17/h3-5,7-10,18-19,21-25,32-33H,1,6,11-15H2,2H3/b10-9+/t18-,19-,21+,22+,23-,24-,25-,26+,27+,28+,29-/m1/s1. The number of carbonyl (C=O) groups excluding carboxylic acids is 1. The van der Waals surface area contributed by atoms with E-state index in [1.807, 2.05) is 36.4 Å². The van der Waals surface area contributed by atoms with Crippen LogP contribution < -0.4 is 0 Å². The van der Waals surface area contributed by atoms with E-state index in [1.54, 1.807) is 6.08 Å². The number of fused-ring (bicyclic) bond motifs is 1. The van der Waals surface area contributed by atoms with Crippen molar-refractivity contribution in [1.29, 1.82) is 0 Å². The van der Waals surface area contributed by atoms with Gasteiger partial charge in [-0.1, -0.05) is 50.3 Å². The van der Waals surface area contributed by atoms with E-state index in [1.165, 1.54) is 0 Å². The zero-order chi connectivity index (χ0) is 23.3. The molecule has 1 aromatic rings. The van der Waals surface area contributed by atoms with Gasteiger partial charge in [-0.15, -0.1) is 0 Å². The smallest absolute Gasteiger partial charge is 0.331 e. The van der Waals surface area contributed by atoms with Gasteiger partial charge >= 0.3 is 5.97 Å². The van der Waals surface area contributed by atoms with Gasteiger partial charge in [-0.3, -0.25) is 4.90 Å².